The molecule has 450 valence electrons. The van der Waals surface area contributed by atoms with Gasteiger partial charge in [0.2, 0.25) is 0 Å². The van der Waals surface area contributed by atoms with Gasteiger partial charge in [-0.3, -0.25) is 23.4 Å². The van der Waals surface area contributed by atoms with Crippen LogP contribution in [0.5, 0.6) is 0 Å². The van der Waals surface area contributed by atoms with Crippen LogP contribution in [0.4, 0.5) is 33.3 Å². The van der Waals surface area contributed by atoms with Crippen molar-refractivity contribution in [3.05, 3.63) is 152 Å². The number of halogens is 5. The molecule has 83 heavy (non-hydrogen) atoms. The average Bonchev–Trinajstić information content (AvgIpc) is 3.60. The van der Waals surface area contributed by atoms with Crippen molar-refractivity contribution < 1.29 is 102 Å². The number of benzene rings is 4. The van der Waals surface area contributed by atoms with Gasteiger partial charge in [0.05, 0.1) is 19.3 Å². The maximum absolute atomic E-state index is 13.5. The number of rotatable bonds is 20. The number of nitrogens with zero attached hydrogens (tertiary/aromatic N) is 3. The van der Waals surface area contributed by atoms with Gasteiger partial charge >= 0.3 is 45.0 Å². The summed E-state index contributed by atoms with van der Waals surface area (Å²) in [5.41, 5.74) is 6.73. The molecular formula is C52H58F5N5O19P2. The molecule has 2 atom stereocenters. The quantitative estimate of drug-likeness (QED) is 0.0185. The van der Waals surface area contributed by atoms with Crippen molar-refractivity contribution in [2.45, 2.75) is 71.6 Å². The van der Waals surface area contributed by atoms with E-state index >= 15 is 0 Å². The predicted octanol–water partition coefficient (Wildman–Crippen LogP) is 6.53. The van der Waals surface area contributed by atoms with Gasteiger partial charge in [0.15, 0.2) is 0 Å². The zero-order chi connectivity index (χ0) is 62.0. The maximum Gasteiger partial charge on any atom is 0.490 e. The largest absolute Gasteiger partial charge is 0.490 e. The van der Waals surface area contributed by atoms with E-state index in [1.54, 1.807) is 42.5 Å². The fraction of sp³-hybridized carbons (Fsp3) is 0.327. The Bertz CT molecular complexity index is 3460. The van der Waals surface area contributed by atoms with Gasteiger partial charge in [-0.25, -0.2) is 37.1 Å². The Labute approximate surface area is 468 Å². The SMILES string of the molecule is CCN(CC)c1ccc2cc(C(=O)N[C@@H](COP(=O)(O)O)Cc3cccc(F)c3)c(=O)oc2c1.CCN(CC)c1ccc2cc(C(=O)ON3C(=O)CCC3=O)c(=O)oc2c1.N[C@@H](COP(=O)(O)O)Cc1cccc(F)c1.O=C(O)C(F)(F)F. The van der Waals surface area contributed by atoms with Crippen molar-refractivity contribution in [2.75, 3.05) is 49.2 Å². The Balaban J connectivity index is 0.000000266. The Morgan fingerprint density at radius 1 is 0.663 bits per heavy atom. The molecule has 0 saturated carbocycles. The minimum atomic E-state index is -5.08. The minimum Gasteiger partial charge on any atom is -0.475 e. The first-order valence-corrected chi connectivity index (χ1v) is 27.9. The third kappa shape index (κ3) is 21.8. The summed E-state index contributed by atoms with van der Waals surface area (Å²) in [6, 6.07) is 23.2. The highest BCUT2D eigenvalue weighted by Gasteiger charge is 2.38. The molecule has 0 bridgehead atoms. The molecule has 1 aliphatic rings. The van der Waals surface area contributed by atoms with Crippen LogP contribution in [-0.4, -0.2) is 117 Å². The number of hydrogen-bond donors (Lipinski definition) is 7. The van der Waals surface area contributed by atoms with Gasteiger partial charge in [0.1, 0.15) is 33.9 Å². The van der Waals surface area contributed by atoms with E-state index in [1.807, 2.05) is 39.8 Å². The number of carbonyl (C=O) groups is 5. The zero-order valence-corrected chi connectivity index (χ0v) is 46.4. The second-order valence-corrected chi connectivity index (χ2v) is 20.1. The van der Waals surface area contributed by atoms with Crippen molar-refractivity contribution >= 4 is 78.6 Å². The van der Waals surface area contributed by atoms with Gasteiger partial charge in [0, 0.05) is 79.3 Å². The number of anilines is 2. The molecule has 8 N–H and O–H groups in total. The number of carboxylic acids is 1. The van der Waals surface area contributed by atoms with Crippen LogP contribution in [0.2, 0.25) is 0 Å². The number of alkyl halides is 3. The Morgan fingerprint density at radius 2 is 1.08 bits per heavy atom. The first kappa shape index (κ1) is 67.8. The molecule has 0 unspecified atom stereocenters. The van der Waals surface area contributed by atoms with Crippen LogP contribution in [0.1, 0.15) is 72.4 Å². The summed E-state index contributed by atoms with van der Waals surface area (Å²) in [6.07, 6.45) is -4.83. The highest BCUT2D eigenvalue weighted by Crippen LogP contribution is 2.36. The summed E-state index contributed by atoms with van der Waals surface area (Å²) in [7, 11) is -9.31. The van der Waals surface area contributed by atoms with Crippen LogP contribution in [-0.2, 0) is 50.2 Å². The van der Waals surface area contributed by atoms with Crippen molar-refractivity contribution in [1.29, 1.82) is 0 Å². The molecule has 1 fully saturated rings. The lowest BCUT2D eigenvalue weighted by Gasteiger charge is -2.21. The van der Waals surface area contributed by atoms with Crippen LogP contribution >= 0.6 is 15.6 Å². The van der Waals surface area contributed by atoms with Crippen LogP contribution in [0.25, 0.3) is 21.9 Å². The molecule has 0 aliphatic carbocycles. The van der Waals surface area contributed by atoms with Crippen LogP contribution in [0, 0.1) is 11.6 Å². The average molecular weight is 1210 g/mol. The molecule has 0 spiro atoms. The van der Waals surface area contributed by atoms with E-state index in [2.05, 4.69) is 24.2 Å². The number of phosphoric acid groups is 2. The number of aliphatic carboxylic acids is 1. The molecule has 0 radical (unpaired) electrons. The van der Waals surface area contributed by atoms with E-state index in [4.69, 9.17) is 48.9 Å². The first-order valence-electron chi connectivity index (χ1n) is 24.8. The second-order valence-electron chi connectivity index (χ2n) is 17.6. The van der Waals surface area contributed by atoms with Crippen LogP contribution in [0.15, 0.2) is 115 Å². The molecule has 24 nitrogen and oxygen atoms in total. The standard InChI is InChI=1S/C23H26FN2O7P.C18H18N2O6.C9H13FNO4P.C2HF3O2/c1-3-26(4-2)19-9-8-16-12-20(23(28)33-21(16)13-19)22(27)25-18(14-32-34(29,30)31)11-15-6-5-7-17(24)10-15;1-3-19(4-2)12-6-5-11-9-13(17(23)25-14(11)10-12)18(24)26-20-15(21)7-8-16(20)22;10-8-3-1-2-7(4-8)5-9(11)6-15-16(12,13)14;3-2(4,5)1(6)7/h5-10,12-13,18H,3-4,11,14H2,1-2H3,(H,25,27)(H2,29,30,31);5-6,9-10H,3-4,7-8H2,1-2H3;1-4,9H,5-6,11H2,(H2,12,13,14);(H,6,7)/t18-;;9-;/m1.1./s1. The van der Waals surface area contributed by atoms with Crippen molar-refractivity contribution in [3.63, 3.8) is 0 Å². The van der Waals surface area contributed by atoms with Gasteiger partial charge in [-0.15, -0.1) is 5.06 Å². The van der Waals surface area contributed by atoms with Gasteiger partial charge in [-0.1, -0.05) is 24.3 Å². The van der Waals surface area contributed by atoms with E-state index < -0.39 is 87.2 Å². The lowest BCUT2D eigenvalue weighted by molar-refractivity contribution is -0.192. The summed E-state index contributed by atoms with van der Waals surface area (Å²) in [6.45, 7) is 10.4. The molecule has 3 amide bonds. The molecule has 31 heteroatoms. The van der Waals surface area contributed by atoms with E-state index in [0.717, 1.165) is 37.6 Å². The van der Waals surface area contributed by atoms with E-state index in [-0.39, 0.29) is 49.2 Å². The smallest absolute Gasteiger partial charge is 0.475 e. The van der Waals surface area contributed by atoms with Gasteiger partial charge in [-0.2, -0.15) is 13.2 Å². The third-order valence-electron chi connectivity index (χ3n) is 11.6. The lowest BCUT2D eigenvalue weighted by atomic mass is 10.1. The highest BCUT2D eigenvalue weighted by molar-refractivity contribution is 7.46. The number of hydroxylamine groups is 2. The Kier molecular flexibility index (Phi) is 24.9. The normalized spacial score (nSPS) is 13.2. The Hall–Kier alpha value is -7.72. The molecule has 4 aromatic carbocycles. The molecule has 1 saturated heterocycles. The van der Waals surface area contributed by atoms with Crippen LogP contribution < -0.4 is 32.1 Å². The van der Waals surface area contributed by atoms with Crippen molar-refractivity contribution in [2.24, 2.45) is 5.73 Å². The van der Waals surface area contributed by atoms with E-state index in [9.17, 15) is 59.8 Å². The molecule has 6 aromatic rings. The lowest BCUT2D eigenvalue weighted by Crippen LogP contribution is -2.41. The summed E-state index contributed by atoms with van der Waals surface area (Å²) in [5.74, 6) is -6.77. The number of nitrogens with two attached hydrogens (primary N) is 1. The first-order chi connectivity index (χ1) is 38.8. The molecule has 2 aromatic heterocycles. The summed E-state index contributed by atoms with van der Waals surface area (Å²) < 4.78 is 99.0. The predicted molar refractivity (Wildman–Crippen MR) is 288 cm³/mol. The molecule has 7 rings (SSSR count). The number of hydrogen-bond acceptors (Lipinski definition) is 17. The third-order valence-corrected chi connectivity index (χ3v) is 12.5. The second kappa shape index (κ2) is 30.5. The van der Waals surface area contributed by atoms with Gasteiger partial charge < -0.3 is 59.2 Å². The zero-order valence-electron chi connectivity index (χ0n) is 44.6. The van der Waals surface area contributed by atoms with E-state index in [1.165, 1.54) is 42.5 Å². The monoisotopic (exact) mass is 1210 g/mol. The number of imide groups is 1. The number of phosphoric ester groups is 2. The number of fused-ring (bicyclic) bond motifs is 2. The maximum atomic E-state index is 13.5. The molecule has 3 heterocycles. The number of nitrogens with one attached hydrogen (secondary N) is 1. The molecule has 1 aliphatic heterocycles. The van der Waals surface area contributed by atoms with Crippen LogP contribution in [0.3, 0.4) is 0 Å². The number of carboxylic acid groups (broad SMARTS) is 1. The van der Waals surface area contributed by atoms with Crippen molar-refractivity contribution in [3.8, 4) is 0 Å². The van der Waals surface area contributed by atoms with Crippen molar-refractivity contribution in [1.82, 2.24) is 10.4 Å². The highest BCUT2D eigenvalue weighted by atomic mass is 31.2. The topological polar surface area (TPSA) is 357 Å². The summed E-state index contributed by atoms with van der Waals surface area (Å²) in [4.78, 5) is 126. The number of carbonyl (C=O) groups excluding carboxylic acids is 4. The number of amides is 3. The van der Waals surface area contributed by atoms with Gasteiger partial charge in [0.25, 0.3) is 17.7 Å². The van der Waals surface area contributed by atoms with E-state index in [0.29, 0.717) is 38.1 Å². The fourth-order valence-electron chi connectivity index (χ4n) is 7.63. The minimum absolute atomic E-state index is 0.00957. The summed E-state index contributed by atoms with van der Waals surface area (Å²) >= 11 is 0. The fourth-order valence-corrected chi connectivity index (χ4v) is 8.39. The summed E-state index contributed by atoms with van der Waals surface area (Å²) in [5, 5.41) is 11.1. The molecular weight excluding hydrogens is 1160 g/mol. The van der Waals surface area contributed by atoms with Gasteiger partial charge in [-0.05, 0) is 112 Å². The Morgan fingerprint density at radius 3 is 1.51 bits per heavy atom.